The lowest BCUT2D eigenvalue weighted by molar-refractivity contribution is 0.196. The molecule has 0 amide bonds. The van der Waals surface area contributed by atoms with Crippen LogP contribution in [0.2, 0.25) is 0 Å². The number of H-pyrrole nitrogens is 3. The summed E-state index contributed by atoms with van der Waals surface area (Å²) in [5, 5.41) is 12.5. The van der Waals surface area contributed by atoms with Gasteiger partial charge in [0.1, 0.15) is 17.0 Å². The third-order valence-corrected chi connectivity index (χ3v) is 12.9. The van der Waals surface area contributed by atoms with Crippen molar-refractivity contribution in [1.82, 2.24) is 45.1 Å². The summed E-state index contributed by atoms with van der Waals surface area (Å²) < 4.78 is 0. The molecule has 0 bridgehead atoms. The van der Waals surface area contributed by atoms with Gasteiger partial charge in [-0.15, -0.1) is 0 Å². The molecule has 0 spiro atoms. The van der Waals surface area contributed by atoms with Gasteiger partial charge < -0.3 is 20.2 Å². The van der Waals surface area contributed by atoms with Crippen molar-refractivity contribution in [3.05, 3.63) is 130 Å². The number of pyridine rings is 3. The molecule has 4 N–H and O–H groups in total. The Labute approximate surface area is 393 Å². The number of aromatic nitrogens is 9. The third kappa shape index (κ3) is 14.2. The highest BCUT2D eigenvalue weighted by atomic mass is 15.2. The van der Waals surface area contributed by atoms with Crippen molar-refractivity contribution in [2.75, 3.05) is 30.4 Å². The molecule has 8 heterocycles. The van der Waals surface area contributed by atoms with E-state index in [-0.39, 0.29) is 0 Å². The maximum Gasteiger partial charge on any atom is 0.181 e. The quantitative estimate of drug-likeness (QED) is 0.135. The van der Waals surface area contributed by atoms with Gasteiger partial charge in [-0.05, 0) is 125 Å². The van der Waals surface area contributed by atoms with Crippen LogP contribution in [-0.2, 0) is 6.42 Å². The van der Waals surface area contributed by atoms with Crippen LogP contribution in [0.3, 0.4) is 0 Å². The van der Waals surface area contributed by atoms with Gasteiger partial charge in [0.2, 0.25) is 0 Å². The van der Waals surface area contributed by atoms with Gasteiger partial charge in [-0.2, -0.15) is 5.10 Å². The molecule has 7 aromatic heterocycles. The molecule has 2 aliphatic carbocycles. The summed E-state index contributed by atoms with van der Waals surface area (Å²) in [7, 11) is 2.10. The average molecular weight is 890 g/mol. The van der Waals surface area contributed by atoms with Crippen LogP contribution in [0.4, 0.5) is 11.5 Å². The molecule has 1 aliphatic heterocycles. The molecule has 3 aliphatic rings. The number of anilines is 2. The Morgan fingerprint density at radius 1 is 0.621 bits per heavy atom. The van der Waals surface area contributed by atoms with Crippen molar-refractivity contribution in [2.24, 2.45) is 11.8 Å². The summed E-state index contributed by atoms with van der Waals surface area (Å²) in [4.78, 5) is 29.6. The van der Waals surface area contributed by atoms with E-state index in [4.69, 9.17) is 0 Å². The van der Waals surface area contributed by atoms with E-state index in [0.717, 1.165) is 82.0 Å². The lowest BCUT2D eigenvalue weighted by Crippen LogP contribution is -2.30. The number of likely N-dealkylation sites (N-methyl/N-ethyl adjacent to an activating group) is 1. The molecule has 2 saturated carbocycles. The molecule has 11 rings (SSSR count). The Morgan fingerprint density at radius 3 is 1.89 bits per heavy atom. The lowest BCUT2D eigenvalue weighted by atomic mass is 9.73. The molecule has 1 aromatic carbocycles. The number of hydrogen-bond acceptors (Lipinski definition) is 8. The second-order valence-corrected chi connectivity index (χ2v) is 18.7. The SMILES string of the molecule is C1CCC(C2CCCCC2)CC1.CCc1cccc(C)c1.Cc1cnc2[nH]cc(C)c2c1.Cc1cnc2[nH]cc(C)c2n1.Cc1cnc2c(c1)N(C)CCN2.Cc1cnc2n[nH]c(C)c2c1. The number of nitrogens with one attached hydrogen (secondary N) is 4. The molecule has 11 heteroatoms. The van der Waals surface area contributed by atoms with Crippen molar-refractivity contribution in [3.63, 3.8) is 0 Å². The third-order valence-electron chi connectivity index (χ3n) is 12.9. The summed E-state index contributed by atoms with van der Waals surface area (Å²) in [5.41, 5.74) is 15.7. The zero-order valence-corrected chi connectivity index (χ0v) is 41.5. The van der Waals surface area contributed by atoms with E-state index in [1.54, 1.807) is 31.9 Å². The highest BCUT2D eigenvalue weighted by Crippen LogP contribution is 2.38. The van der Waals surface area contributed by atoms with Crippen LogP contribution >= 0.6 is 0 Å². The molecular weight excluding hydrogens is 815 g/mol. The first-order valence-corrected chi connectivity index (χ1v) is 24.3. The fraction of sp³-hybridized carbons (Fsp3) is 0.455. The number of aromatic amines is 3. The first-order valence-electron chi connectivity index (χ1n) is 24.3. The normalized spacial score (nSPS) is 14.7. The molecule has 0 radical (unpaired) electrons. The second kappa shape index (κ2) is 24.4. The maximum atomic E-state index is 4.34. The number of nitrogens with zero attached hydrogens (tertiary/aromatic N) is 7. The first-order chi connectivity index (χ1) is 31.9. The van der Waals surface area contributed by atoms with Crippen molar-refractivity contribution < 1.29 is 0 Å². The van der Waals surface area contributed by atoms with Crippen molar-refractivity contribution in [3.8, 4) is 0 Å². The molecule has 350 valence electrons. The summed E-state index contributed by atoms with van der Waals surface area (Å²) >= 11 is 0. The van der Waals surface area contributed by atoms with E-state index >= 15 is 0 Å². The Morgan fingerprint density at radius 2 is 1.23 bits per heavy atom. The smallest absolute Gasteiger partial charge is 0.181 e. The fourth-order valence-electron chi connectivity index (χ4n) is 9.05. The summed E-state index contributed by atoms with van der Waals surface area (Å²) in [6.45, 7) is 20.5. The highest BCUT2D eigenvalue weighted by Gasteiger charge is 2.24. The zero-order valence-electron chi connectivity index (χ0n) is 41.5. The molecule has 0 saturated heterocycles. The van der Waals surface area contributed by atoms with Crippen LogP contribution in [0.5, 0.6) is 0 Å². The van der Waals surface area contributed by atoms with E-state index < -0.39 is 0 Å². The minimum atomic E-state index is 0.799. The maximum absolute atomic E-state index is 4.34. The average Bonchev–Trinajstić information content (AvgIpc) is 4.02. The Bertz CT molecular complexity index is 2510. The van der Waals surface area contributed by atoms with Gasteiger partial charge in [-0.1, -0.05) is 101 Å². The van der Waals surface area contributed by atoms with Gasteiger partial charge in [0, 0.05) is 67.6 Å². The Kier molecular flexibility index (Phi) is 18.3. The van der Waals surface area contributed by atoms with Crippen LogP contribution in [0, 0.1) is 67.2 Å². The largest absolute Gasteiger partial charge is 0.370 e. The molecule has 66 heavy (non-hydrogen) atoms. The van der Waals surface area contributed by atoms with Gasteiger partial charge in [0.25, 0.3) is 0 Å². The first kappa shape index (κ1) is 49.3. The predicted molar refractivity (Wildman–Crippen MR) is 277 cm³/mol. The van der Waals surface area contributed by atoms with Crippen LogP contribution in [0.1, 0.15) is 121 Å². The second-order valence-electron chi connectivity index (χ2n) is 18.7. The lowest BCUT2D eigenvalue weighted by Gasteiger charge is -2.32. The van der Waals surface area contributed by atoms with E-state index in [2.05, 4.69) is 139 Å². The molecule has 0 atom stereocenters. The van der Waals surface area contributed by atoms with Crippen molar-refractivity contribution in [2.45, 2.75) is 133 Å². The number of benzene rings is 1. The van der Waals surface area contributed by atoms with Crippen molar-refractivity contribution in [1.29, 1.82) is 0 Å². The number of hydrogen-bond donors (Lipinski definition) is 4. The van der Waals surface area contributed by atoms with E-state index in [0.29, 0.717) is 0 Å². The highest BCUT2D eigenvalue weighted by molar-refractivity contribution is 5.80. The zero-order chi connectivity index (χ0) is 47.0. The van der Waals surface area contributed by atoms with E-state index in [1.165, 1.54) is 83.0 Å². The Balaban J connectivity index is 0.000000131. The molecular formula is C55H75N11. The topological polar surface area (TPSA) is 140 Å². The number of aryl methyl sites for hydroxylation is 9. The predicted octanol–water partition coefficient (Wildman–Crippen LogP) is 13.3. The van der Waals surface area contributed by atoms with Crippen LogP contribution in [-0.4, -0.2) is 65.2 Å². The molecule has 2 fully saturated rings. The standard InChI is InChI=1S/C12H22.C9H13N3.C9H10N2.C9H12.2C8H9N3/c1-3-7-11(8-4-1)12-9-5-2-6-10-12;1-7-5-8-9(11-6-7)10-3-4-12(8)2;1-6-3-8-7(2)5-11-9(8)10-4-6;1-3-9-6-4-5-8(2)7-9;1-5-3-9-8-7(5)11-6(2)4-10-8;1-5-3-7-6(2)10-11-8(7)9-4-5/h11-12H,1-10H2;5-6H,3-4H2,1-2H3,(H,10,11);3-5H,1-2H3,(H,10,11);4-7H,3H2,1-2H3;3-4H,1-2H3,(H,9,10);3-4H,1-2H3,(H,9,10,11). The van der Waals surface area contributed by atoms with Crippen LogP contribution in [0.25, 0.3) is 33.2 Å². The molecule has 8 aromatic rings. The number of fused-ring (bicyclic) bond motifs is 4. The number of rotatable bonds is 2. The summed E-state index contributed by atoms with van der Waals surface area (Å²) in [6.07, 6.45) is 27.8. The van der Waals surface area contributed by atoms with Crippen LogP contribution in [0.15, 0.2) is 79.6 Å². The minimum absolute atomic E-state index is 0.799. The summed E-state index contributed by atoms with van der Waals surface area (Å²) in [6, 6.07) is 15.0. The molecule has 0 unspecified atom stereocenters. The van der Waals surface area contributed by atoms with E-state index in [9.17, 15) is 0 Å². The van der Waals surface area contributed by atoms with Gasteiger partial charge >= 0.3 is 0 Å². The minimum Gasteiger partial charge on any atom is -0.370 e. The summed E-state index contributed by atoms with van der Waals surface area (Å²) in [5.74, 6) is 3.28. The van der Waals surface area contributed by atoms with Gasteiger partial charge in [0.15, 0.2) is 11.3 Å². The van der Waals surface area contributed by atoms with Crippen molar-refractivity contribution >= 4 is 44.7 Å². The fourth-order valence-corrected chi connectivity index (χ4v) is 9.05. The molecule has 11 nitrogen and oxygen atoms in total. The van der Waals surface area contributed by atoms with Gasteiger partial charge in [-0.3, -0.25) is 5.10 Å². The van der Waals surface area contributed by atoms with Gasteiger partial charge in [0.05, 0.1) is 17.6 Å². The monoisotopic (exact) mass is 890 g/mol. The van der Waals surface area contributed by atoms with Gasteiger partial charge in [-0.25, -0.2) is 24.9 Å². The van der Waals surface area contributed by atoms with E-state index in [1.807, 2.05) is 58.7 Å². The van der Waals surface area contributed by atoms with Crippen LogP contribution < -0.4 is 10.2 Å². The Hall–Kier alpha value is -6.10.